The first-order valence-electron chi connectivity index (χ1n) is 6.29. The summed E-state index contributed by atoms with van der Waals surface area (Å²) in [6.45, 7) is 0.424. The van der Waals surface area contributed by atoms with Gasteiger partial charge in [-0.25, -0.2) is 12.8 Å². The van der Waals surface area contributed by atoms with Crippen molar-refractivity contribution in [3.63, 3.8) is 0 Å². The molecule has 3 rings (SSSR count). The van der Waals surface area contributed by atoms with Crippen LogP contribution < -0.4 is 14.8 Å². The van der Waals surface area contributed by atoms with Crippen molar-refractivity contribution >= 4 is 21.4 Å². The Balaban J connectivity index is 2.09. The van der Waals surface area contributed by atoms with Crippen LogP contribution in [0.4, 0.5) is 15.8 Å². The van der Waals surface area contributed by atoms with E-state index in [2.05, 4.69) is 0 Å². The Bertz CT molecular complexity index is 775. The highest BCUT2D eigenvalue weighted by Crippen LogP contribution is 2.36. The topological polar surface area (TPSA) is 72.6 Å². The Morgan fingerprint density at radius 3 is 2.57 bits per heavy atom. The van der Waals surface area contributed by atoms with Gasteiger partial charge < -0.3 is 10.5 Å². The molecule has 2 aromatic rings. The lowest BCUT2D eigenvalue weighted by molar-refractivity contribution is 0.316. The van der Waals surface area contributed by atoms with Crippen LogP contribution >= 0.6 is 0 Å². The molecule has 0 saturated heterocycles. The maximum absolute atomic E-state index is 13.0. The summed E-state index contributed by atoms with van der Waals surface area (Å²) in [5.41, 5.74) is 6.56. The van der Waals surface area contributed by atoms with Gasteiger partial charge >= 0.3 is 0 Å². The van der Waals surface area contributed by atoms with Crippen molar-refractivity contribution in [1.82, 2.24) is 0 Å². The number of hydrogen-bond acceptors (Lipinski definition) is 4. The number of nitrogen functional groups attached to an aromatic ring is 1. The Morgan fingerprint density at radius 2 is 1.86 bits per heavy atom. The van der Waals surface area contributed by atoms with Gasteiger partial charge in [0, 0.05) is 5.69 Å². The minimum absolute atomic E-state index is 0.0270. The number of nitrogens with two attached hydrogens (primary N) is 1. The van der Waals surface area contributed by atoms with E-state index in [0.717, 1.165) is 12.1 Å². The highest BCUT2D eigenvalue weighted by atomic mass is 32.2. The smallest absolute Gasteiger partial charge is 0.264 e. The summed E-state index contributed by atoms with van der Waals surface area (Å²) in [5, 5.41) is 0. The summed E-state index contributed by atoms with van der Waals surface area (Å²) in [6.07, 6.45) is 0. The van der Waals surface area contributed by atoms with Crippen molar-refractivity contribution < 1.29 is 17.5 Å². The molecule has 0 fully saturated rings. The monoisotopic (exact) mass is 308 g/mol. The highest BCUT2D eigenvalue weighted by molar-refractivity contribution is 7.92. The van der Waals surface area contributed by atoms with Crippen LogP contribution in [0, 0.1) is 5.82 Å². The number of fused-ring (bicyclic) bond motifs is 1. The third kappa shape index (κ3) is 2.40. The van der Waals surface area contributed by atoms with Gasteiger partial charge in [-0.2, -0.15) is 0 Å². The second-order valence-electron chi connectivity index (χ2n) is 4.61. The Morgan fingerprint density at radius 1 is 1.14 bits per heavy atom. The Labute approximate surface area is 121 Å². The van der Waals surface area contributed by atoms with E-state index in [4.69, 9.17) is 10.5 Å². The SMILES string of the molecule is Nc1ccc2c(c1)N(S(=O)(=O)c1ccc(F)cc1)CCO2. The van der Waals surface area contributed by atoms with Crippen molar-refractivity contribution in [2.75, 3.05) is 23.2 Å². The molecule has 110 valence electrons. The normalized spacial score (nSPS) is 14.4. The van der Waals surface area contributed by atoms with E-state index in [1.807, 2.05) is 0 Å². The van der Waals surface area contributed by atoms with E-state index in [1.165, 1.54) is 16.4 Å². The van der Waals surface area contributed by atoms with Gasteiger partial charge in [0.2, 0.25) is 0 Å². The standard InChI is InChI=1S/C14H13FN2O3S/c15-10-1-4-12(5-2-10)21(18,19)17-7-8-20-14-6-3-11(16)9-13(14)17/h1-6,9H,7-8,16H2. The maximum Gasteiger partial charge on any atom is 0.264 e. The summed E-state index contributed by atoms with van der Waals surface area (Å²) in [6, 6.07) is 9.55. The third-order valence-electron chi connectivity index (χ3n) is 3.21. The van der Waals surface area contributed by atoms with E-state index >= 15 is 0 Å². The lowest BCUT2D eigenvalue weighted by Gasteiger charge is -2.30. The predicted octanol–water partition coefficient (Wildman–Crippen LogP) is 2.00. The number of rotatable bonds is 2. The first-order valence-corrected chi connectivity index (χ1v) is 7.73. The van der Waals surface area contributed by atoms with Gasteiger partial charge in [-0.15, -0.1) is 0 Å². The molecule has 0 amide bonds. The number of halogens is 1. The molecule has 2 N–H and O–H groups in total. The molecule has 0 atom stereocenters. The molecule has 5 nitrogen and oxygen atoms in total. The molecule has 0 aromatic heterocycles. The molecule has 0 bridgehead atoms. The first-order chi connectivity index (χ1) is 9.98. The van der Waals surface area contributed by atoms with Crippen molar-refractivity contribution in [1.29, 1.82) is 0 Å². The second kappa shape index (κ2) is 4.92. The van der Waals surface area contributed by atoms with Crippen LogP contribution in [-0.2, 0) is 10.0 Å². The Hall–Kier alpha value is -2.28. The summed E-state index contributed by atoms with van der Waals surface area (Å²) in [7, 11) is -3.78. The van der Waals surface area contributed by atoms with Gasteiger partial charge in [-0.3, -0.25) is 4.31 Å². The van der Waals surface area contributed by atoms with Crippen LogP contribution in [0.25, 0.3) is 0 Å². The fraction of sp³-hybridized carbons (Fsp3) is 0.143. The average Bonchev–Trinajstić information content (AvgIpc) is 2.47. The van der Waals surface area contributed by atoms with Gasteiger partial charge in [0.25, 0.3) is 10.0 Å². The van der Waals surface area contributed by atoms with Crippen molar-refractivity contribution in [3.05, 3.63) is 48.3 Å². The van der Waals surface area contributed by atoms with Crippen molar-refractivity contribution in [2.45, 2.75) is 4.90 Å². The maximum atomic E-state index is 13.0. The van der Waals surface area contributed by atoms with Crippen LogP contribution in [0.5, 0.6) is 5.75 Å². The molecule has 1 aliphatic rings. The van der Waals surface area contributed by atoms with E-state index in [9.17, 15) is 12.8 Å². The molecule has 2 aromatic carbocycles. The molecule has 0 radical (unpaired) electrons. The fourth-order valence-corrected chi connectivity index (χ4v) is 3.64. The number of nitrogens with zero attached hydrogens (tertiary/aromatic N) is 1. The molecule has 1 heterocycles. The van der Waals surface area contributed by atoms with E-state index in [-0.39, 0.29) is 18.0 Å². The zero-order chi connectivity index (χ0) is 15.0. The molecule has 7 heteroatoms. The minimum atomic E-state index is -3.78. The summed E-state index contributed by atoms with van der Waals surface area (Å²) in [4.78, 5) is 0.0270. The number of hydrogen-bond donors (Lipinski definition) is 1. The van der Waals surface area contributed by atoms with Gasteiger partial charge in [0.15, 0.2) is 0 Å². The van der Waals surface area contributed by atoms with E-state index in [1.54, 1.807) is 18.2 Å². The molecule has 0 spiro atoms. The molecule has 21 heavy (non-hydrogen) atoms. The van der Waals surface area contributed by atoms with Gasteiger partial charge in [0.05, 0.1) is 17.1 Å². The summed E-state index contributed by atoms with van der Waals surface area (Å²) in [5.74, 6) is -0.0262. The van der Waals surface area contributed by atoms with Gasteiger partial charge in [0.1, 0.15) is 18.2 Å². The Kier molecular flexibility index (Phi) is 3.21. The molecular weight excluding hydrogens is 295 g/mol. The number of anilines is 2. The minimum Gasteiger partial charge on any atom is -0.489 e. The first kappa shape index (κ1) is 13.7. The number of ether oxygens (including phenoxy) is 1. The van der Waals surface area contributed by atoms with E-state index < -0.39 is 15.8 Å². The zero-order valence-corrected chi connectivity index (χ0v) is 11.8. The molecule has 0 unspecified atom stereocenters. The van der Waals surface area contributed by atoms with Crippen LogP contribution in [-0.4, -0.2) is 21.6 Å². The predicted molar refractivity (Wildman–Crippen MR) is 77.3 cm³/mol. The number of sulfonamides is 1. The van der Waals surface area contributed by atoms with E-state index in [0.29, 0.717) is 17.1 Å². The lowest BCUT2D eigenvalue weighted by atomic mass is 10.2. The van der Waals surface area contributed by atoms with Crippen molar-refractivity contribution in [2.24, 2.45) is 0 Å². The molecule has 0 aliphatic carbocycles. The van der Waals surface area contributed by atoms with Gasteiger partial charge in [-0.05, 0) is 42.5 Å². The highest BCUT2D eigenvalue weighted by Gasteiger charge is 2.30. The summed E-state index contributed by atoms with van der Waals surface area (Å²) < 4.78 is 45.0. The average molecular weight is 308 g/mol. The zero-order valence-electron chi connectivity index (χ0n) is 11.0. The lowest BCUT2D eigenvalue weighted by Crippen LogP contribution is -2.37. The van der Waals surface area contributed by atoms with Gasteiger partial charge in [-0.1, -0.05) is 0 Å². The number of benzene rings is 2. The van der Waals surface area contributed by atoms with Crippen LogP contribution in [0.2, 0.25) is 0 Å². The molecule has 0 saturated carbocycles. The molecule has 1 aliphatic heterocycles. The van der Waals surface area contributed by atoms with Crippen LogP contribution in [0.3, 0.4) is 0 Å². The third-order valence-corrected chi connectivity index (χ3v) is 5.03. The fourth-order valence-electron chi connectivity index (χ4n) is 2.19. The largest absolute Gasteiger partial charge is 0.489 e. The summed E-state index contributed by atoms with van der Waals surface area (Å²) >= 11 is 0. The van der Waals surface area contributed by atoms with Crippen LogP contribution in [0.15, 0.2) is 47.4 Å². The second-order valence-corrected chi connectivity index (χ2v) is 6.47. The quantitative estimate of drug-likeness (QED) is 0.861. The van der Waals surface area contributed by atoms with Crippen molar-refractivity contribution in [3.8, 4) is 5.75 Å². The molecular formula is C14H13FN2O3S. The van der Waals surface area contributed by atoms with Crippen LogP contribution in [0.1, 0.15) is 0 Å².